The lowest BCUT2D eigenvalue weighted by molar-refractivity contribution is 0.417. The molecule has 1 aromatic heterocycles. The van der Waals surface area contributed by atoms with Crippen molar-refractivity contribution < 1.29 is 4.74 Å². The first kappa shape index (κ1) is 12.4. The van der Waals surface area contributed by atoms with Crippen LogP contribution in [0.1, 0.15) is 19.7 Å². The van der Waals surface area contributed by atoms with Crippen molar-refractivity contribution in [1.82, 2.24) is 15.2 Å². The van der Waals surface area contributed by atoms with E-state index in [4.69, 9.17) is 10.5 Å². The number of nitrogens with two attached hydrogens (primary N) is 1. The number of H-pyrrole nitrogens is 1. The molecule has 0 radical (unpaired) electrons. The molecule has 0 aliphatic heterocycles. The highest BCUT2D eigenvalue weighted by Crippen LogP contribution is 2.26. The molecular formula is C13H18N4O. The lowest BCUT2D eigenvalue weighted by Crippen LogP contribution is -1.96. The normalized spacial score (nSPS) is 10.9. The minimum atomic E-state index is 0.548. The van der Waals surface area contributed by atoms with Crippen LogP contribution in [0.25, 0.3) is 11.4 Å². The van der Waals surface area contributed by atoms with Crippen molar-refractivity contribution in [3.63, 3.8) is 0 Å². The molecule has 1 heterocycles. The number of nitrogen functional groups attached to an aromatic ring is 1. The third-order valence-corrected chi connectivity index (χ3v) is 2.62. The van der Waals surface area contributed by atoms with E-state index in [0.717, 1.165) is 17.8 Å². The Morgan fingerprint density at radius 1 is 1.39 bits per heavy atom. The van der Waals surface area contributed by atoms with E-state index in [9.17, 15) is 0 Å². The number of nitrogens with one attached hydrogen (secondary N) is 1. The zero-order valence-electron chi connectivity index (χ0n) is 10.9. The maximum absolute atomic E-state index is 5.87. The first-order chi connectivity index (χ1) is 8.60. The van der Waals surface area contributed by atoms with Gasteiger partial charge in [0.25, 0.3) is 0 Å². The van der Waals surface area contributed by atoms with E-state index < -0.39 is 0 Å². The van der Waals surface area contributed by atoms with Crippen molar-refractivity contribution in [3.05, 3.63) is 24.0 Å². The lowest BCUT2D eigenvalue weighted by atomic mass is 10.1. The summed E-state index contributed by atoms with van der Waals surface area (Å²) in [7, 11) is 1.60. The van der Waals surface area contributed by atoms with Crippen molar-refractivity contribution in [2.75, 3.05) is 12.8 Å². The van der Waals surface area contributed by atoms with Gasteiger partial charge in [0.1, 0.15) is 11.6 Å². The van der Waals surface area contributed by atoms with Crippen molar-refractivity contribution in [2.24, 2.45) is 5.92 Å². The third kappa shape index (κ3) is 2.61. The Morgan fingerprint density at radius 2 is 2.17 bits per heavy atom. The molecule has 0 fully saturated rings. The molecule has 0 unspecified atom stereocenters. The van der Waals surface area contributed by atoms with Gasteiger partial charge in [0, 0.05) is 12.0 Å². The lowest BCUT2D eigenvalue weighted by Gasteiger charge is -2.04. The van der Waals surface area contributed by atoms with Crippen molar-refractivity contribution in [2.45, 2.75) is 20.3 Å². The Bertz CT molecular complexity index is 534. The average Bonchev–Trinajstić information content (AvgIpc) is 2.76. The summed E-state index contributed by atoms with van der Waals surface area (Å²) in [5.41, 5.74) is 7.34. The molecule has 5 heteroatoms. The molecule has 0 saturated carbocycles. The van der Waals surface area contributed by atoms with Gasteiger partial charge in [0.05, 0.1) is 12.8 Å². The molecule has 18 heavy (non-hydrogen) atoms. The molecule has 0 bridgehead atoms. The monoisotopic (exact) mass is 246 g/mol. The summed E-state index contributed by atoms with van der Waals surface area (Å²) >= 11 is 0. The SMILES string of the molecule is COc1ccc(-c2n[nH]c(CC(C)C)n2)cc1N. The second kappa shape index (κ2) is 5.08. The molecule has 2 rings (SSSR count). The number of benzene rings is 1. The summed E-state index contributed by atoms with van der Waals surface area (Å²) in [6.45, 7) is 4.29. The van der Waals surface area contributed by atoms with Gasteiger partial charge in [-0.1, -0.05) is 13.8 Å². The van der Waals surface area contributed by atoms with Crippen molar-refractivity contribution in [1.29, 1.82) is 0 Å². The van der Waals surface area contributed by atoms with Crippen LogP contribution >= 0.6 is 0 Å². The van der Waals surface area contributed by atoms with Gasteiger partial charge in [-0.15, -0.1) is 0 Å². The van der Waals surface area contributed by atoms with E-state index in [1.807, 2.05) is 18.2 Å². The fraction of sp³-hybridized carbons (Fsp3) is 0.385. The predicted octanol–water partition coefficient (Wildman–Crippen LogP) is 2.26. The van der Waals surface area contributed by atoms with Gasteiger partial charge in [-0.3, -0.25) is 5.10 Å². The number of aromatic amines is 1. The number of rotatable bonds is 4. The van der Waals surface area contributed by atoms with Gasteiger partial charge in [-0.05, 0) is 24.1 Å². The van der Waals surface area contributed by atoms with Gasteiger partial charge in [-0.25, -0.2) is 4.98 Å². The molecule has 1 aromatic carbocycles. The van der Waals surface area contributed by atoms with Crippen LogP contribution in [-0.2, 0) is 6.42 Å². The van der Waals surface area contributed by atoms with Crippen LogP contribution in [0.3, 0.4) is 0 Å². The molecule has 0 saturated heterocycles. The summed E-state index contributed by atoms with van der Waals surface area (Å²) < 4.78 is 5.12. The van der Waals surface area contributed by atoms with Crippen LogP contribution in [0.5, 0.6) is 5.75 Å². The van der Waals surface area contributed by atoms with E-state index in [1.165, 1.54) is 0 Å². The first-order valence-electron chi connectivity index (χ1n) is 5.95. The van der Waals surface area contributed by atoms with E-state index in [2.05, 4.69) is 29.0 Å². The molecule has 0 atom stereocenters. The second-order valence-corrected chi connectivity index (χ2v) is 4.66. The number of nitrogens with zero attached hydrogens (tertiary/aromatic N) is 2. The van der Waals surface area contributed by atoms with Crippen LogP contribution in [-0.4, -0.2) is 22.3 Å². The summed E-state index contributed by atoms with van der Waals surface area (Å²) in [6.07, 6.45) is 0.888. The van der Waals surface area contributed by atoms with Gasteiger partial charge >= 0.3 is 0 Å². The minimum Gasteiger partial charge on any atom is -0.495 e. The van der Waals surface area contributed by atoms with Crippen LogP contribution in [0.2, 0.25) is 0 Å². The Hall–Kier alpha value is -2.04. The maximum Gasteiger partial charge on any atom is 0.181 e. The standard InChI is InChI=1S/C13H18N4O/c1-8(2)6-12-15-13(17-16-12)9-4-5-11(18-3)10(14)7-9/h4-5,7-8H,6,14H2,1-3H3,(H,15,16,17). The van der Waals surface area contributed by atoms with E-state index >= 15 is 0 Å². The summed E-state index contributed by atoms with van der Waals surface area (Å²) in [6, 6.07) is 5.54. The Balaban J connectivity index is 2.26. The predicted molar refractivity (Wildman–Crippen MR) is 71.3 cm³/mol. The van der Waals surface area contributed by atoms with E-state index in [0.29, 0.717) is 23.2 Å². The van der Waals surface area contributed by atoms with Gasteiger partial charge < -0.3 is 10.5 Å². The fourth-order valence-corrected chi connectivity index (χ4v) is 1.78. The van der Waals surface area contributed by atoms with Crippen LogP contribution < -0.4 is 10.5 Å². The number of anilines is 1. The largest absolute Gasteiger partial charge is 0.495 e. The molecule has 0 aliphatic rings. The van der Waals surface area contributed by atoms with Gasteiger partial charge in [-0.2, -0.15) is 5.10 Å². The molecule has 3 N–H and O–H groups in total. The maximum atomic E-state index is 5.87. The number of methoxy groups -OCH3 is 1. The number of hydrogen-bond donors (Lipinski definition) is 2. The highest BCUT2D eigenvalue weighted by atomic mass is 16.5. The smallest absolute Gasteiger partial charge is 0.181 e. The summed E-state index contributed by atoms with van der Waals surface area (Å²) in [5, 5.41) is 7.15. The molecule has 5 nitrogen and oxygen atoms in total. The van der Waals surface area contributed by atoms with Crippen molar-refractivity contribution >= 4 is 5.69 Å². The highest BCUT2D eigenvalue weighted by molar-refractivity contribution is 5.66. The number of hydrogen-bond acceptors (Lipinski definition) is 4. The van der Waals surface area contributed by atoms with E-state index in [1.54, 1.807) is 7.11 Å². The summed E-state index contributed by atoms with van der Waals surface area (Å²) in [5.74, 6) is 2.78. The summed E-state index contributed by atoms with van der Waals surface area (Å²) in [4.78, 5) is 4.45. The Labute approximate surface area is 106 Å². The molecule has 0 aliphatic carbocycles. The van der Waals surface area contributed by atoms with Crippen LogP contribution in [0, 0.1) is 5.92 Å². The average molecular weight is 246 g/mol. The van der Waals surface area contributed by atoms with E-state index in [-0.39, 0.29) is 0 Å². The first-order valence-corrected chi connectivity index (χ1v) is 5.95. The second-order valence-electron chi connectivity index (χ2n) is 4.66. The van der Waals surface area contributed by atoms with Gasteiger partial charge in [0.15, 0.2) is 5.82 Å². The molecule has 0 amide bonds. The Kier molecular flexibility index (Phi) is 3.50. The highest BCUT2D eigenvalue weighted by Gasteiger charge is 2.09. The minimum absolute atomic E-state index is 0.548. The molecule has 96 valence electrons. The molecular weight excluding hydrogens is 228 g/mol. The molecule has 0 spiro atoms. The zero-order chi connectivity index (χ0) is 13.1. The quantitative estimate of drug-likeness (QED) is 0.811. The molecule has 2 aromatic rings. The van der Waals surface area contributed by atoms with Crippen LogP contribution in [0.4, 0.5) is 5.69 Å². The number of ether oxygens (including phenoxy) is 1. The Morgan fingerprint density at radius 3 is 2.78 bits per heavy atom. The topological polar surface area (TPSA) is 76.8 Å². The number of aromatic nitrogens is 3. The third-order valence-electron chi connectivity index (χ3n) is 2.62. The zero-order valence-corrected chi connectivity index (χ0v) is 10.9. The van der Waals surface area contributed by atoms with Crippen molar-refractivity contribution in [3.8, 4) is 17.1 Å². The van der Waals surface area contributed by atoms with Crippen LogP contribution in [0.15, 0.2) is 18.2 Å². The fourth-order valence-electron chi connectivity index (χ4n) is 1.78. The van der Waals surface area contributed by atoms with Gasteiger partial charge in [0.2, 0.25) is 0 Å².